The van der Waals surface area contributed by atoms with E-state index in [0.29, 0.717) is 5.56 Å². The van der Waals surface area contributed by atoms with Gasteiger partial charge in [-0.25, -0.2) is 0 Å². The Balaban J connectivity index is 2.16. The Labute approximate surface area is 137 Å². The van der Waals surface area contributed by atoms with E-state index in [4.69, 9.17) is 0 Å². The van der Waals surface area contributed by atoms with Crippen LogP contribution in [0.25, 0.3) is 0 Å². The van der Waals surface area contributed by atoms with Crippen molar-refractivity contribution in [3.8, 4) is 0 Å². The van der Waals surface area contributed by atoms with Gasteiger partial charge in [0.2, 0.25) is 5.91 Å². The van der Waals surface area contributed by atoms with E-state index in [1.54, 1.807) is 37.1 Å². The average Bonchev–Trinajstić information content (AvgIpc) is 2.85. The zero-order valence-electron chi connectivity index (χ0n) is 13.3. The third-order valence-corrected chi connectivity index (χ3v) is 4.33. The maximum absolute atomic E-state index is 12.5. The van der Waals surface area contributed by atoms with Gasteiger partial charge >= 0.3 is 6.18 Å². The number of carbonyl (C=O) groups is 1. The van der Waals surface area contributed by atoms with Crippen LogP contribution in [0.5, 0.6) is 0 Å². The average molecular weight is 345 g/mol. The highest BCUT2D eigenvalue weighted by Crippen LogP contribution is 2.32. The smallest absolute Gasteiger partial charge is 0.332 e. The van der Waals surface area contributed by atoms with Crippen molar-refractivity contribution in [3.05, 3.63) is 39.9 Å². The standard InChI is InChI=1S/C15H18F3N3O3/c1-10(11-5-3-4-6-12(11)21(23)24)19(2)13-7-8-20(14(13)22)9-15(16,17)18/h3-6,10,13H,7-9H2,1-2H3/t10-,13-/m0/s1. The minimum atomic E-state index is -4.44. The summed E-state index contributed by atoms with van der Waals surface area (Å²) >= 11 is 0. The van der Waals surface area contributed by atoms with Crippen LogP contribution in [0.3, 0.4) is 0 Å². The number of nitro benzene ring substituents is 1. The summed E-state index contributed by atoms with van der Waals surface area (Å²) in [6, 6.07) is 4.95. The predicted molar refractivity (Wildman–Crippen MR) is 80.3 cm³/mol. The Morgan fingerprint density at radius 3 is 2.62 bits per heavy atom. The lowest BCUT2D eigenvalue weighted by Gasteiger charge is -2.29. The Morgan fingerprint density at radius 1 is 1.42 bits per heavy atom. The lowest BCUT2D eigenvalue weighted by atomic mass is 10.0. The molecule has 1 aliphatic rings. The summed E-state index contributed by atoms with van der Waals surface area (Å²) in [4.78, 5) is 25.2. The van der Waals surface area contributed by atoms with Crippen molar-refractivity contribution in [3.63, 3.8) is 0 Å². The first kappa shape index (κ1) is 18.2. The quantitative estimate of drug-likeness (QED) is 0.608. The minimum absolute atomic E-state index is 0.0248. The Kier molecular flexibility index (Phi) is 5.12. The number of hydrogen-bond donors (Lipinski definition) is 0. The van der Waals surface area contributed by atoms with Gasteiger partial charge in [-0.2, -0.15) is 13.2 Å². The van der Waals surface area contributed by atoms with Crippen LogP contribution < -0.4 is 0 Å². The normalized spacial score (nSPS) is 19.8. The molecule has 0 aromatic heterocycles. The summed E-state index contributed by atoms with van der Waals surface area (Å²) in [5, 5.41) is 11.1. The van der Waals surface area contributed by atoms with Crippen LogP contribution in [-0.4, -0.2) is 53.0 Å². The van der Waals surface area contributed by atoms with Gasteiger partial charge in [0.25, 0.3) is 5.69 Å². The SMILES string of the molecule is C[C@@H](c1ccccc1[N+](=O)[O-])N(C)[C@H]1CCN(CC(F)(F)F)C1=O. The Bertz CT molecular complexity index is 636. The number of carbonyl (C=O) groups excluding carboxylic acids is 1. The van der Waals surface area contributed by atoms with E-state index in [-0.39, 0.29) is 18.7 Å². The topological polar surface area (TPSA) is 66.7 Å². The number of nitrogens with zero attached hydrogens (tertiary/aromatic N) is 3. The lowest BCUT2D eigenvalue weighted by molar-refractivity contribution is -0.386. The van der Waals surface area contributed by atoms with Crippen molar-refractivity contribution >= 4 is 11.6 Å². The molecule has 0 unspecified atom stereocenters. The third kappa shape index (κ3) is 3.84. The molecule has 0 radical (unpaired) electrons. The first-order chi connectivity index (χ1) is 11.1. The summed E-state index contributed by atoms with van der Waals surface area (Å²) in [6.07, 6.45) is -4.18. The van der Waals surface area contributed by atoms with Crippen LogP contribution in [-0.2, 0) is 4.79 Å². The molecule has 1 aliphatic heterocycles. The van der Waals surface area contributed by atoms with E-state index in [1.165, 1.54) is 6.07 Å². The number of likely N-dealkylation sites (N-methyl/N-ethyl adjacent to an activating group) is 1. The van der Waals surface area contributed by atoms with Crippen molar-refractivity contribution in [2.45, 2.75) is 31.6 Å². The molecule has 24 heavy (non-hydrogen) atoms. The molecule has 0 bridgehead atoms. The number of benzene rings is 1. The molecule has 132 valence electrons. The fourth-order valence-corrected chi connectivity index (χ4v) is 2.97. The summed E-state index contributed by atoms with van der Waals surface area (Å²) in [6.45, 7) is 0.453. The van der Waals surface area contributed by atoms with Gasteiger partial charge in [0, 0.05) is 24.2 Å². The summed E-state index contributed by atoms with van der Waals surface area (Å²) in [5.41, 5.74) is 0.349. The molecule has 1 fully saturated rings. The lowest BCUT2D eigenvalue weighted by Crippen LogP contribution is -2.43. The fraction of sp³-hybridized carbons (Fsp3) is 0.533. The fourth-order valence-electron chi connectivity index (χ4n) is 2.97. The van der Waals surface area contributed by atoms with Gasteiger partial charge in [0.1, 0.15) is 6.54 Å². The van der Waals surface area contributed by atoms with Gasteiger partial charge in [-0.15, -0.1) is 0 Å². The highest BCUT2D eigenvalue weighted by atomic mass is 19.4. The molecule has 9 heteroatoms. The Hall–Kier alpha value is -2.16. The van der Waals surface area contributed by atoms with E-state index in [2.05, 4.69) is 0 Å². The van der Waals surface area contributed by atoms with Crippen LogP contribution in [0.4, 0.5) is 18.9 Å². The predicted octanol–water partition coefficient (Wildman–Crippen LogP) is 2.75. The van der Waals surface area contributed by atoms with Crippen LogP contribution in [0.1, 0.15) is 24.9 Å². The maximum Gasteiger partial charge on any atom is 0.406 e. The molecule has 2 atom stereocenters. The van der Waals surface area contributed by atoms with Crippen LogP contribution in [0, 0.1) is 10.1 Å². The number of rotatable bonds is 5. The molecule has 1 saturated heterocycles. The molecule has 0 aliphatic carbocycles. The minimum Gasteiger partial charge on any atom is -0.332 e. The van der Waals surface area contributed by atoms with E-state index >= 15 is 0 Å². The number of amides is 1. The van der Waals surface area contributed by atoms with E-state index < -0.39 is 35.6 Å². The van der Waals surface area contributed by atoms with Crippen LogP contribution >= 0.6 is 0 Å². The van der Waals surface area contributed by atoms with Gasteiger partial charge in [-0.3, -0.25) is 19.8 Å². The van der Waals surface area contributed by atoms with Crippen molar-refractivity contribution in [2.75, 3.05) is 20.1 Å². The first-order valence-corrected chi connectivity index (χ1v) is 7.42. The van der Waals surface area contributed by atoms with Gasteiger partial charge in [-0.1, -0.05) is 18.2 Å². The van der Waals surface area contributed by atoms with Crippen LogP contribution in [0.15, 0.2) is 24.3 Å². The zero-order valence-corrected chi connectivity index (χ0v) is 13.3. The third-order valence-electron chi connectivity index (χ3n) is 4.33. The van der Waals surface area contributed by atoms with E-state index in [0.717, 1.165) is 4.90 Å². The maximum atomic E-state index is 12.5. The monoisotopic (exact) mass is 345 g/mol. The van der Waals surface area contributed by atoms with E-state index in [1.807, 2.05) is 0 Å². The summed E-state index contributed by atoms with van der Waals surface area (Å²) in [5.74, 6) is -0.597. The van der Waals surface area contributed by atoms with Crippen molar-refractivity contribution in [1.82, 2.24) is 9.80 Å². The molecular weight excluding hydrogens is 327 g/mol. The van der Waals surface area contributed by atoms with E-state index in [9.17, 15) is 28.1 Å². The molecule has 1 aromatic rings. The second-order valence-corrected chi connectivity index (χ2v) is 5.84. The molecule has 1 aromatic carbocycles. The number of nitro groups is 1. The molecule has 0 spiro atoms. The molecule has 1 amide bonds. The second kappa shape index (κ2) is 6.76. The number of alkyl halides is 3. The number of hydrogen-bond acceptors (Lipinski definition) is 4. The van der Waals surface area contributed by atoms with Crippen molar-refractivity contribution in [2.24, 2.45) is 0 Å². The molecule has 0 saturated carbocycles. The first-order valence-electron chi connectivity index (χ1n) is 7.42. The van der Waals surface area contributed by atoms with Crippen LogP contribution in [0.2, 0.25) is 0 Å². The number of halogens is 3. The number of para-hydroxylation sites is 1. The van der Waals surface area contributed by atoms with Gasteiger partial charge in [0.15, 0.2) is 0 Å². The van der Waals surface area contributed by atoms with Crippen molar-refractivity contribution < 1.29 is 22.9 Å². The molecular formula is C15H18F3N3O3. The largest absolute Gasteiger partial charge is 0.406 e. The molecule has 6 nitrogen and oxygen atoms in total. The summed E-state index contributed by atoms with van der Waals surface area (Å²) < 4.78 is 37.5. The van der Waals surface area contributed by atoms with Gasteiger partial charge < -0.3 is 4.90 Å². The molecule has 0 N–H and O–H groups in total. The molecule has 1 heterocycles. The highest BCUT2D eigenvalue weighted by molar-refractivity contribution is 5.84. The molecule has 2 rings (SSSR count). The number of likely N-dealkylation sites (tertiary alicyclic amines) is 1. The second-order valence-electron chi connectivity index (χ2n) is 5.84. The van der Waals surface area contributed by atoms with Gasteiger partial charge in [-0.05, 0) is 20.4 Å². The van der Waals surface area contributed by atoms with Crippen molar-refractivity contribution in [1.29, 1.82) is 0 Å². The zero-order chi connectivity index (χ0) is 18.1. The highest BCUT2D eigenvalue weighted by Gasteiger charge is 2.42. The summed E-state index contributed by atoms with van der Waals surface area (Å²) in [7, 11) is 1.60. The van der Waals surface area contributed by atoms with Gasteiger partial charge in [0.05, 0.1) is 11.0 Å². The Morgan fingerprint density at radius 2 is 2.04 bits per heavy atom.